The molecule has 0 bridgehead atoms. The van der Waals surface area contributed by atoms with Gasteiger partial charge in [0.05, 0.1) is 5.52 Å². The van der Waals surface area contributed by atoms with E-state index in [1.54, 1.807) is 0 Å². The number of benzene rings is 1. The van der Waals surface area contributed by atoms with E-state index in [4.69, 9.17) is 5.73 Å². The Hall–Kier alpha value is -1.09. The fourth-order valence-electron chi connectivity index (χ4n) is 1.49. The topological polar surface area (TPSA) is 38.9 Å². The fraction of sp³-hybridized carbons (Fsp3) is 0.182. The second-order valence-electron chi connectivity index (χ2n) is 3.22. The van der Waals surface area contributed by atoms with Crippen molar-refractivity contribution in [3.05, 3.63) is 34.3 Å². The predicted octanol–water partition coefficient (Wildman–Crippen LogP) is 3.14. The lowest BCUT2D eigenvalue weighted by Gasteiger charge is -2.04. The summed E-state index contributed by atoms with van der Waals surface area (Å²) < 4.78 is 1.07. The number of hydrogen-bond donors (Lipinski definition) is 1. The third-order valence-electron chi connectivity index (χ3n) is 2.27. The van der Waals surface area contributed by atoms with Gasteiger partial charge in [-0.25, -0.2) is 4.98 Å². The summed E-state index contributed by atoms with van der Waals surface area (Å²) in [4.78, 5) is 4.34. The third kappa shape index (κ3) is 1.60. The molecule has 0 atom stereocenters. The molecule has 1 aromatic heterocycles. The van der Waals surface area contributed by atoms with E-state index in [2.05, 4.69) is 40.0 Å². The van der Waals surface area contributed by atoms with Crippen LogP contribution in [-0.2, 0) is 6.42 Å². The first-order chi connectivity index (χ1) is 6.70. The summed E-state index contributed by atoms with van der Waals surface area (Å²) in [5, 5.41) is 1.13. The first kappa shape index (κ1) is 9.46. The van der Waals surface area contributed by atoms with E-state index in [0.717, 1.165) is 27.4 Å². The number of pyridine rings is 1. The van der Waals surface area contributed by atoms with Gasteiger partial charge in [-0.2, -0.15) is 0 Å². The average Bonchev–Trinajstić information content (AvgIpc) is 2.17. The maximum atomic E-state index is 5.81. The highest BCUT2D eigenvalue weighted by Crippen LogP contribution is 2.22. The van der Waals surface area contributed by atoms with E-state index in [1.807, 2.05) is 12.1 Å². The maximum Gasteiger partial charge on any atom is 0.127 e. The van der Waals surface area contributed by atoms with Crippen LogP contribution in [0.3, 0.4) is 0 Å². The Balaban J connectivity index is 2.73. The minimum Gasteiger partial charge on any atom is -0.383 e. The van der Waals surface area contributed by atoms with Gasteiger partial charge in [0.1, 0.15) is 5.82 Å². The molecule has 0 fully saturated rings. The van der Waals surface area contributed by atoms with Crippen LogP contribution in [0.2, 0.25) is 0 Å². The van der Waals surface area contributed by atoms with Crippen molar-refractivity contribution in [1.82, 2.24) is 4.98 Å². The molecule has 0 unspecified atom stereocenters. The van der Waals surface area contributed by atoms with Crippen LogP contribution in [0.4, 0.5) is 5.82 Å². The number of anilines is 1. The zero-order valence-electron chi connectivity index (χ0n) is 7.92. The number of nitrogens with zero attached hydrogens (tertiary/aromatic N) is 1. The summed E-state index contributed by atoms with van der Waals surface area (Å²) in [5.74, 6) is 0.641. The molecular weight excluding hydrogens is 240 g/mol. The van der Waals surface area contributed by atoms with Crippen LogP contribution in [0.1, 0.15) is 12.5 Å². The Kier molecular flexibility index (Phi) is 2.42. The van der Waals surface area contributed by atoms with Gasteiger partial charge in [-0.05, 0) is 36.2 Å². The molecule has 0 saturated carbocycles. The lowest BCUT2D eigenvalue weighted by molar-refractivity contribution is 1.13. The molecule has 14 heavy (non-hydrogen) atoms. The smallest absolute Gasteiger partial charge is 0.127 e. The minimum absolute atomic E-state index is 0.641. The van der Waals surface area contributed by atoms with Crippen molar-refractivity contribution in [1.29, 1.82) is 0 Å². The van der Waals surface area contributed by atoms with Gasteiger partial charge in [0.25, 0.3) is 0 Å². The summed E-state index contributed by atoms with van der Waals surface area (Å²) in [6, 6.07) is 8.10. The van der Waals surface area contributed by atoms with Crippen LogP contribution < -0.4 is 5.73 Å². The lowest BCUT2D eigenvalue weighted by atomic mass is 10.1. The van der Waals surface area contributed by atoms with Crippen molar-refractivity contribution in [2.75, 3.05) is 5.73 Å². The highest BCUT2D eigenvalue weighted by atomic mass is 79.9. The van der Waals surface area contributed by atoms with Crippen LogP contribution in [0.15, 0.2) is 28.7 Å². The van der Waals surface area contributed by atoms with Crippen molar-refractivity contribution >= 4 is 32.7 Å². The molecule has 72 valence electrons. The lowest BCUT2D eigenvalue weighted by Crippen LogP contribution is -1.96. The molecule has 0 spiro atoms. The largest absolute Gasteiger partial charge is 0.383 e. The Labute approximate surface area is 91.3 Å². The van der Waals surface area contributed by atoms with E-state index in [0.29, 0.717) is 5.82 Å². The van der Waals surface area contributed by atoms with Gasteiger partial charge in [0.15, 0.2) is 0 Å². The zero-order chi connectivity index (χ0) is 10.1. The van der Waals surface area contributed by atoms with Crippen LogP contribution in [0, 0.1) is 0 Å². The number of nitrogen functional groups attached to an aromatic ring is 1. The highest BCUT2D eigenvalue weighted by molar-refractivity contribution is 9.10. The Morgan fingerprint density at radius 1 is 1.36 bits per heavy atom. The summed E-state index contributed by atoms with van der Waals surface area (Å²) in [6.07, 6.45) is 0.918. The molecule has 2 rings (SSSR count). The molecule has 0 saturated heterocycles. The van der Waals surface area contributed by atoms with Crippen LogP contribution >= 0.6 is 15.9 Å². The van der Waals surface area contributed by atoms with Crippen LogP contribution in [0.25, 0.3) is 10.9 Å². The molecule has 0 radical (unpaired) electrons. The molecule has 2 N–H and O–H groups in total. The quantitative estimate of drug-likeness (QED) is 0.845. The molecule has 3 heteroatoms. The summed E-state index contributed by atoms with van der Waals surface area (Å²) >= 11 is 3.44. The number of aryl methyl sites for hydroxylation is 1. The number of nitrogens with two attached hydrogens (primary N) is 1. The van der Waals surface area contributed by atoms with Crippen LogP contribution in [-0.4, -0.2) is 4.98 Å². The Morgan fingerprint density at radius 2 is 2.14 bits per heavy atom. The first-order valence-corrected chi connectivity index (χ1v) is 5.34. The van der Waals surface area contributed by atoms with Crippen molar-refractivity contribution in [2.24, 2.45) is 0 Å². The maximum absolute atomic E-state index is 5.81. The second kappa shape index (κ2) is 3.58. The molecule has 0 aliphatic heterocycles. The minimum atomic E-state index is 0.641. The summed E-state index contributed by atoms with van der Waals surface area (Å²) in [7, 11) is 0. The SMILES string of the molecule is CCc1cc2cc(Br)ccc2nc1N. The normalized spacial score (nSPS) is 10.7. The molecule has 1 heterocycles. The Bertz CT molecular complexity index is 480. The second-order valence-corrected chi connectivity index (χ2v) is 4.14. The average molecular weight is 251 g/mol. The molecule has 2 aromatic rings. The third-order valence-corrected chi connectivity index (χ3v) is 2.76. The van der Waals surface area contributed by atoms with Crippen molar-refractivity contribution in [3.63, 3.8) is 0 Å². The van der Waals surface area contributed by atoms with Crippen molar-refractivity contribution in [3.8, 4) is 0 Å². The van der Waals surface area contributed by atoms with E-state index in [9.17, 15) is 0 Å². The molecule has 0 amide bonds. The van der Waals surface area contributed by atoms with Gasteiger partial charge >= 0.3 is 0 Å². The van der Waals surface area contributed by atoms with Gasteiger partial charge in [0.2, 0.25) is 0 Å². The molecule has 0 aliphatic rings. The summed E-state index contributed by atoms with van der Waals surface area (Å²) in [6.45, 7) is 2.08. The van der Waals surface area contributed by atoms with Gasteiger partial charge in [-0.3, -0.25) is 0 Å². The number of fused-ring (bicyclic) bond motifs is 1. The van der Waals surface area contributed by atoms with Gasteiger partial charge < -0.3 is 5.73 Å². The van der Waals surface area contributed by atoms with E-state index < -0.39 is 0 Å². The Morgan fingerprint density at radius 3 is 2.86 bits per heavy atom. The van der Waals surface area contributed by atoms with Gasteiger partial charge in [-0.15, -0.1) is 0 Å². The molecule has 0 aliphatic carbocycles. The number of rotatable bonds is 1. The van der Waals surface area contributed by atoms with Gasteiger partial charge in [0, 0.05) is 9.86 Å². The van der Waals surface area contributed by atoms with E-state index >= 15 is 0 Å². The zero-order valence-corrected chi connectivity index (χ0v) is 9.51. The number of halogens is 1. The fourth-order valence-corrected chi connectivity index (χ4v) is 1.87. The molecule has 2 nitrogen and oxygen atoms in total. The summed E-state index contributed by atoms with van der Waals surface area (Å²) in [5.41, 5.74) is 7.87. The number of aromatic nitrogens is 1. The standard InChI is InChI=1S/C11H11BrN2/c1-2-7-5-8-6-9(12)3-4-10(8)14-11(7)13/h3-6H,2H2,1H3,(H2,13,14). The van der Waals surface area contributed by atoms with E-state index in [1.165, 1.54) is 0 Å². The van der Waals surface area contributed by atoms with Crippen LogP contribution in [0.5, 0.6) is 0 Å². The van der Waals surface area contributed by atoms with Gasteiger partial charge in [-0.1, -0.05) is 22.9 Å². The molecule has 1 aromatic carbocycles. The first-order valence-electron chi connectivity index (χ1n) is 4.55. The number of hydrogen-bond acceptors (Lipinski definition) is 2. The van der Waals surface area contributed by atoms with Crippen molar-refractivity contribution < 1.29 is 0 Å². The molecular formula is C11H11BrN2. The van der Waals surface area contributed by atoms with E-state index in [-0.39, 0.29) is 0 Å². The monoisotopic (exact) mass is 250 g/mol. The predicted molar refractivity (Wildman–Crippen MR) is 63.2 cm³/mol. The highest BCUT2D eigenvalue weighted by Gasteiger charge is 2.02. The van der Waals surface area contributed by atoms with Crippen molar-refractivity contribution in [2.45, 2.75) is 13.3 Å².